The van der Waals surface area contributed by atoms with E-state index in [1.54, 1.807) is 0 Å². The highest BCUT2D eigenvalue weighted by Crippen LogP contribution is 1.94. The zero-order chi connectivity index (χ0) is 8.85. The fraction of sp³-hybridized carbons (Fsp3) is 0.667. The number of amides is 1. The summed E-state index contributed by atoms with van der Waals surface area (Å²) in [6, 6.07) is -0.743. The molecule has 0 aliphatic rings. The first-order valence-electron chi connectivity index (χ1n) is 3.19. The monoisotopic (exact) mass is 165 g/mol. The van der Waals surface area contributed by atoms with E-state index in [1.807, 2.05) is 0 Å². The minimum Gasteiger partial charge on any atom is -0.468 e. The molecule has 4 N–H and O–H groups in total. The maximum atomic E-state index is 10.6. The molecule has 0 radical (unpaired) electrons. The topological polar surface area (TPSA) is 95.4 Å². The number of hydrogen-bond donors (Lipinski definition) is 2. The summed E-state index contributed by atoms with van der Waals surface area (Å²) < 4.78 is 4.33. The van der Waals surface area contributed by atoms with Gasteiger partial charge >= 0.3 is 5.97 Å². The molecule has 64 valence electrons. The largest absolute Gasteiger partial charge is 0.468 e. The Labute approximate surface area is 64.7 Å². The molecule has 0 aliphatic heterocycles. The number of carbonyl (C=O) groups excluding carboxylic acids is 2. The number of methoxy groups -OCH3 is 1. The Hall–Kier alpha value is -1.10. The number of esters is 1. The van der Waals surface area contributed by atoms with Gasteiger partial charge in [0.05, 0.1) is 7.11 Å². The van der Waals surface area contributed by atoms with Gasteiger partial charge in [0, 0.05) is 6.42 Å². The van der Waals surface area contributed by atoms with Crippen molar-refractivity contribution in [3.05, 3.63) is 0 Å². The van der Waals surface area contributed by atoms with Gasteiger partial charge in [-0.15, -0.1) is 0 Å². The molecule has 0 aromatic carbocycles. The van der Waals surface area contributed by atoms with Crippen LogP contribution in [0.25, 0.3) is 0 Å². The summed E-state index contributed by atoms with van der Waals surface area (Å²) in [5, 5.41) is 0. The normalized spacial score (nSPS) is 12.2. The third kappa shape index (κ3) is 4.32. The molecule has 0 saturated carbocycles. The van der Waals surface area contributed by atoms with Crippen molar-refractivity contribution in [2.24, 2.45) is 11.5 Å². The lowest BCUT2D eigenvalue weighted by Crippen LogP contribution is -2.32. The second kappa shape index (κ2) is 4.68. The molecule has 11 heavy (non-hydrogen) atoms. The van der Waals surface area contributed by atoms with E-state index in [0.717, 1.165) is 0 Å². The highest BCUT2D eigenvalue weighted by molar-refractivity contribution is 5.78. The summed E-state index contributed by atoms with van der Waals surface area (Å²) in [4.78, 5) is 20.9. The van der Waals surface area contributed by atoms with Gasteiger partial charge < -0.3 is 16.2 Å². The summed E-state index contributed by atoms with van der Waals surface area (Å²) in [6.45, 7) is 0. The molecule has 5 nitrogen and oxygen atoms in total. The van der Waals surface area contributed by atoms with E-state index in [0.29, 0.717) is 0 Å². The quantitative estimate of drug-likeness (QED) is 0.402. The lowest BCUT2D eigenvalue weighted by molar-refractivity contribution is -0.142. The van der Waals surface area contributed by atoms with Crippen LogP contribution >= 0.6 is 0 Å². The van der Waals surface area contributed by atoms with Gasteiger partial charge in [-0.3, -0.25) is 9.59 Å². The molecule has 0 rings (SSSR count). The van der Waals surface area contributed by atoms with Crippen molar-refractivity contribution < 1.29 is 14.3 Å². The number of ether oxygens (including phenoxy) is 1. The van der Waals surface area contributed by atoms with E-state index in [2.05, 4.69) is 4.74 Å². The van der Waals surface area contributed by atoms with Crippen molar-refractivity contribution in [3.63, 3.8) is 0 Å². The van der Waals surface area contributed by atoms with Crippen LogP contribution in [-0.2, 0) is 14.3 Å². The van der Waals surface area contributed by atoms with Gasteiger partial charge in [-0.2, -0.15) is 0 Å². The second-order valence-electron chi connectivity index (χ2n) is 2.13. The minimum atomic E-state index is -0.743. The Bertz CT molecular complexity index is 158. The summed E-state index contributed by atoms with van der Waals surface area (Å²) in [5.74, 6) is -0.990. The zero-order valence-corrected chi connectivity index (χ0v) is 6.37. The van der Waals surface area contributed by atoms with Crippen LogP contribution in [0.3, 0.4) is 0 Å². The molecule has 1 atom stereocenters. The molecule has 0 unspecified atom stereocenters. The number of hydrogen-bond acceptors (Lipinski definition) is 4. The number of nitrogens with two attached hydrogens (primary N) is 2. The fourth-order valence-electron chi connectivity index (χ4n) is 0.567. The standard InChI is InChI=1S/C6H12N2O3/c1-11-6(10)4(7)2-3-5(8)9/h4H,2-3,7H2,1H3,(H2,8,9)/t4-/m1/s1/i2+1,3+1,4+1,5+1,6+1. The van der Waals surface area contributed by atoms with Crippen LogP contribution in [-0.4, -0.2) is 25.0 Å². The molecule has 0 spiro atoms. The van der Waals surface area contributed by atoms with Crippen LogP contribution in [0.5, 0.6) is 0 Å². The van der Waals surface area contributed by atoms with Crippen LogP contribution in [0.4, 0.5) is 0 Å². The Morgan fingerprint density at radius 3 is 2.45 bits per heavy atom. The maximum Gasteiger partial charge on any atom is 0.322 e. The molecule has 1 amide bonds. The average molecular weight is 165 g/mol. The smallest absolute Gasteiger partial charge is 0.322 e. The van der Waals surface area contributed by atoms with Gasteiger partial charge in [0.2, 0.25) is 5.91 Å². The van der Waals surface area contributed by atoms with Crippen molar-refractivity contribution in [1.82, 2.24) is 0 Å². The molecule has 0 aromatic heterocycles. The molecule has 0 aromatic rings. The summed E-state index contributed by atoms with van der Waals surface area (Å²) in [6.07, 6.45) is 0.346. The van der Waals surface area contributed by atoms with Crippen LogP contribution < -0.4 is 11.5 Å². The third-order valence-corrected chi connectivity index (χ3v) is 1.21. The molecule has 0 bridgehead atoms. The maximum absolute atomic E-state index is 10.6. The van der Waals surface area contributed by atoms with E-state index in [-0.39, 0.29) is 12.8 Å². The first kappa shape index (κ1) is 9.90. The first-order chi connectivity index (χ1) is 5.07. The first-order valence-corrected chi connectivity index (χ1v) is 3.19. The lowest BCUT2D eigenvalue weighted by Gasteiger charge is -2.06. The molecule has 0 fully saturated rings. The van der Waals surface area contributed by atoms with Gasteiger partial charge in [-0.25, -0.2) is 0 Å². The average Bonchev–Trinajstić information content (AvgIpc) is 1.98. The van der Waals surface area contributed by atoms with E-state index in [4.69, 9.17) is 11.5 Å². The highest BCUT2D eigenvalue weighted by Gasteiger charge is 2.13. The van der Waals surface area contributed by atoms with Gasteiger partial charge in [0.1, 0.15) is 6.04 Å². The van der Waals surface area contributed by atoms with Crippen LogP contribution in [0.15, 0.2) is 0 Å². The molecule has 0 heterocycles. The number of rotatable bonds is 4. The van der Waals surface area contributed by atoms with E-state index in [1.165, 1.54) is 7.11 Å². The van der Waals surface area contributed by atoms with Crippen LogP contribution in [0, 0.1) is 0 Å². The second-order valence-corrected chi connectivity index (χ2v) is 2.13. The number of carbonyl (C=O) groups is 2. The van der Waals surface area contributed by atoms with Gasteiger partial charge in [-0.1, -0.05) is 0 Å². The zero-order valence-electron chi connectivity index (χ0n) is 6.37. The fourth-order valence-corrected chi connectivity index (χ4v) is 0.567. The molecule has 0 aliphatic carbocycles. The summed E-state index contributed by atoms with van der Waals surface area (Å²) in [7, 11) is 1.24. The Balaban J connectivity index is 3.60. The predicted octanol–water partition coefficient (Wildman–Crippen LogP) is -1.25. The summed E-state index contributed by atoms with van der Waals surface area (Å²) in [5.41, 5.74) is 10.1. The van der Waals surface area contributed by atoms with Gasteiger partial charge in [-0.05, 0) is 6.42 Å². The molecular weight excluding hydrogens is 153 g/mol. The van der Waals surface area contributed by atoms with Crippen molar-refractivity contribution in [3.8, 4) is 0 Å². The van der Waals surface area contributed by atoms with Gasteiger partial charge in [0.15, 0.2) is 0 Å². The van der Waals surface area contributed by atoms with Gasteiger partial charge in [0.25, 0.3) is 0 Å². The molecular formula is C6H12N2O3. The van der Waals surface area contributed by atoms with Crippen molar-refractivity contribution in [1.29, 1.82) is 0 Å². The van der Waals surface area contributed by atoms with E-state index >= 15 is 0 Å². The molecule has 5 heteroatoms. The predicted molar refractivity (Wildman–Crippen MR) is 38.4 cm³/mol. The van der Waals surface area contributed by atoms with E-state index < -0.39 is 17.9 Å². The van der Waals surface area contributed by atoms with Crippen molar-refractivity contribution >= 4 is 11.9 Å². The lowest BCUT2D eigenvalue weighted by atomic mass is 11.1. The SMILES string of the molecule is CO[13C](=O)[13C@H](N)[13CH2][13CH2][13C](N)=O. The van der Waals surface area contributed by atoms with E-state index in [9.17, 15) is 9.59 Å². The Kier molecular flexibility index (Phi) is 4.21. The Morgan fingerprint density at radius 2 is 2.09 bits per heavy atom. The van der Waals surface area contributed by atoms with Crippen molar-refractivity contribution in [2.75, 3.05) is 7.11 Å². The summed E-state index contributed by atoms with van der Waals surface area (Å²) >= 11 is 0. The molecule has 0 saturated heterocycles. The van der Waals surface area contributed by atoms with Crippen LogP contribution in [0.1, 0.15) is 12.8 Å². The number of primary amides is 1. The minimum absolute atomic E-state index is 0.107. The third-order valence-electron chi connectivity index (χ3n) is 1.21. The highest BCUT2D eigenvalue weighted by atomic mass is 16.6. The van der Waals surface area contributed by atoms with Crippen molar-refractivity contribution in [2.45, 2.75) is 18.9 Å². The Morgan fingerprint density at radius 1 is 1.55 bits per heavy atom. The van der Waals surface area contributed by atoms with Crippen LogP contribution in [0.2, 0.25) is 0 Å².